The molecule has 0 amide bonds. The molecule has 17 heavy (non-hydrogen) atoms. The fourth-order valence-corrected chi connectivity index (χ4v) is 2.76. The van der Waals surface area contributed by atoms with Gasteiger partial charge >= 0.3 is 0 Å². The SMILES string of the molecule is Cc1cc2c(N3CCC(N)C3)cccc2n1C. The summed E-state index contributed by atoms with van der Waals surface area (Å²) in [6, 6.07) is 9.13. The topological polar surface area (TPSA) is 34.2 Å². The van der Waals surface area contributed by atoms with Gasteiger partial charge in [0.1, 0.15) is 0 Å². The summed E-state index contributed by atoms with van der Waals surface area (Å²) in [5.41, 5.74) is 9.94. The first-order chi connectivity index (χ1) is 8.16. The highest BCUT2D eigenvalue weighted by Gasteiger charge is 2.21. The second kappa shape index (κ2) is 3.77. The average Bonchev–Trinajstić information content (AvgIpc) is 2.85. The molecule has 0 spiro atoms. The minimum atomic E-state index is 0.329. The maximum absolute atomic E-state index is 5.99. The highest BCUT2D eigenvalue weighted by molar-refractivity contribution is 5.93. The highest BCUT2D eigenvalue weighted by Crippen LogP contribution is 2.30. The maximum atomic E-state index is 5.99. The largest absolute Gasteiger partial charge is 0.369 e. The Labute approximate surface area is 102 Å². The van der Waals surface area contributed by atoms with Gasteiger partial charge in [0.15, 0.2) is 0 Å². The van der Waals surface area contributed by atoms with E-state index in [1.165, 1.54) is 22.3 Å². The Morgan fingerprint density at radius 1 is 1.35 bits per heavy atom. The predicted molar refractivity (Wildman–Crippen MR) is 72.5 cm³/mol. The van der Waals surface area contributed by atoms with Gasteiger partial charge in [-0.3, -0.25) is 0 Å². The van der Waals surface area contributed by atoms with E-state index < -0.39 is 0 Å². The van der Waals surface area contributed by atoms with Crippen LogP contribution in [0, 0.1) is 6.92 Å². The zero-order valence-corrected chi connectivity index (χ0v) is 10.5. The lowest BCUT2D eigenvalue weighted by molar-refractivity contribution is 0.752. The number of hydrogen-bond donors (Lipinski definition) is 1. The van der Waals surface area contributed by atoms with Crippen molar-refractivity contribution in [2.45, 2.75) is 19.4 Å². The number of hydrogen-bond acceptors (Lipinski definition) is 2. The Balaban J connectivity index is 2.13. The van der Waals surface area contributed by atoms with Crippen molar-refractivity contribution in [2.75, 3.05) is 18.0 Å². The molecule has 0 radical (unpaired) electrons. The lowest BCUT2D eigenvalue weighted by Gasteiger charge is -2.19. The van der Waals surface area contributed by atoms with Crippen molar-refractivity contribution >= 4 is 16.6 Å². The lowest BCUT2D eigenvalue weighted by atomic mass is 10.2. The van der Waals surface area contributed by atoms with Gasteiger partial charge in [-0.05, 0) is 31.5 Å². The summed E-state index contributed by atoms with van der Waals surface area (Å²) in [7, 11) is 2.12. The van der Waals surface area contributed by atoms with E-state index in [4.69, 9.17) is 5.73 Å². The first kappa shape index (κ1) is 10.7. The normalized spacial score (nSPS) is 20.4. The van der Waals surface area contributed by atoms with Gasteiger partial charge < -0.3 is 15.2 Å². The van der Waals surface area contributed by atoms with Gasteiger partial charge in [-0.2, -0.15) is 0 Å². The molecule has 2 N–H and O–H groups in total. The van der Waals surface area contributed by atoms with Crippen molar-refractivity contribution in [1.29, 1.82) is 0 Å². The van der Waals surface area contributed by atoms with Crippen LogP contribution in [-0.4, -0.2) is 23.7 Å². The second-order valence-electron chi connectivity index (χ2n) is 5.05. The standard InChI is InChI=1S/C14H19N3/c1-10-8-12-13(16(10)2)4-3-5-14(12)17-7-6-11(15)9-17/h3-5,8,11H,6-7,9,15H2,1-2H3. The number of aryl methyl sites for hydroxylation is 2. The lowest BCUT2D eigenvalue weighted by Crippen LogP contribution is -2.26. The number of fused-ring (bicyclic) bond motifs is 1. The maximum Gasteiger partial charge on any atom is 0.0500 e. The summed E-state index contributed by atoms with van der Waals surface area (Å²) in [5.74, 6) is 0. The molecule has 0 saturated carbocycles. The van der Waals surface area contributed by atoms with Gasteiger partial charge in [0.05, 0.1) is 5.52 Å². The summed E-state index contributed by atoms with van der Waals surface area (Å²) < 4.78 is 2.24. The van der Waals surface area contributed by atoms with Crippen LogP contribution >= 0.6 is 0 Å². The summed E-state index contributed by atoms with van der Waals surface area (Å²) in [6.45, 7) is 4.21. The summed E-state index contributed by atoms with van der Waals surface area (Å²) in [5, 5.41) is 1.35. The fourth-order valence-electron chi connectivity index (χ4n) is 2.76. The molecule has 1 aliphatic heterocycles. The quantitative estimate of drug-likeness (QED) is 0.812. The molecule has 1 aliphatic rings. The number of nitrogens with zero attached hydrogens (tertiary/aromatic N) is 2. The van der Waals surface area contributed by atoms with Crippen LogP contribution in [0.2, 0.25) is 0 Å². The molecule has 2 heterocycles. The van der Waals surface area contributed by atoms with Gasteiger partial charge in [0.25, 0.3) is 0 Å². The molecular formula is C14H19N3. The predicted octanol–water partition coefficient (Wildman–Crippen LogP) is 2.02. The van der Waals surface area contributed by atoms with Gasteiger partial charge in [-0.15, -0.1) is 0 Å². The van der Waals surface area contributed by atoms with Gasteiger partial charge in [0.2, 0.25) is 0 Å². The Kier molecular flexibility index (Phi) is 2.37. The van der Waals surface area contributed by atoms with Crippen molar-refractivity contribution < 1.29 is 0 Å². The zero-order valence-electron chi connectivity index (χ0n) is 10.5. The van der Waals surface area contributed by atoms with Crippen molar-refractivity contribution in [3.63, 3.8) is 0 Å². The highest BCUT2D eigenvalue weighted by atomic mass is 15.2. The Hall–Kier alpha value is -1.48. The molecule has 0 aliphatic carbocycles. The molecule has 2 aromatic rings. The van der Waals surface area contributed by atoms with Crippen LogP contribution in [0.4, 0.5) is 5.69 Å². The minimum absolute atomic E-state index is 0.329. The molecule has 3 heteroatoms. The van der Waals surface area contributed by atoms with E-state index in [0.29, 0.717) is 6.04 Å². The van der Waals surface area contributed by atoms with Gasteiger partial charge in [-0.1, -0.05) is 6.07 Å². The number of anilines is 1. The van der Waals surface area contributed by atoms with Crippen molar-refractivity contribution in [1.82, 2.24) is 4.57 Å². The van der Waals surface area contributed by atoms with Gasteiger partial charge in [0, 0.05) is 42.9 Å². The number of benzene rings is 1. The summed E-state index contributed by atoms with van der Waals surface area (Å²) >= 11 is 0. The van der Waals surface area contributed by atoms with E-state index in [-0.39, 0.29) is 0 Å². The molecule has 3 rings (SSSR count). The molecule has 90 valence electrons. The Morgan fingerprint density at radius 2 is 2.18 bits per heavy atom. The molecule has 1 aromatic carbocycles. The number of rotatable bonds is 1. The molecule has 1 fully saturated rings. The van der Waals surface area contributed by atoms with E-state index in [2.05, 4.69) is 47.7 Å². The Bertz CT molecular complexity index is 556. The van der Waals surface area contributed by atoms with E-state index >= 15 is 0 Å². The van der Waals surface area contributed by atoms with Gasteiger partial charge in [-0.25, -0.2) is 0 Å². The van der Waals surface area contributed by atoms with Crippen LogP contribution in [0.5, 0.6) is 0 Å². The minimum Gasteiger partial charge on any atom is -0.369 e. The number of aromatic nitrogens is 1. The smallest absolute Gasteiger partial charge is 0.0500 e. The molecular weight excluding hydrogens is 210 g/mol. The molecule has 1 atom stereocenters. The molecule has 1 aromatic heterocycles. The van der Waals surface area contributed by atoms with Crippen LogP contribution in [0.3, 0.4) is 0 Å². The molecule has 1 saturated heterocycles. The fraction of sp³-hybridized carbons (Fsp3) is 0.429. The second-order valence-corrected chi connectivity index (χ2v) is 5.05. The van der Waals surface area contributed by atoms with Crippen LogP contribution in [0.25, 0.3) is 10.9 Å². The third-order valence-electron chi connectivity index (χ3n) is 3.87. The van der Waals surface area contributed by atoms with E-state index in [0.717, 1.165) is 19.5 Å². The number of nitrogens with two attached hydrogens (primary N) is 1. The molecule has 1 unspecified atom stereocenters. The molecule has 0 bridgehead atoms. The monoisotopic (exact) mass is 229 g/mol. The first-order valence-electron chi connectivity index (χ1n) is 6.22. The third kappa shape index (κ3) is 1.62. The molecule has 3 nitrogen and oxygen atoms in total. The summed E-state index contributed by atoms with van der Waals surface area (Å²) in [6.07, 6.45) is 1.10. The van der Waals surface area contributed by atoms with Crippen molar-refractivity contribution in [3.05, 3.63) is 30.0 Å². The van der Waals surface area contributed by atoms with E-state index in [9.17, 15) is 0 Å². The first-order valence-corrected chi connectivity index (χ1v) is 6.22. The van der Waals surface area contributed by atoms with Crippen LogP contribution in [-0.2, 0) is 7.05 Å². The van der Waals surface area contributed by atoms with E-state index in [1.807, 2.05) is 0 Å². The van der Waals surface area contributed by atoms with Crippen LogP contribution in [0.1, 0.15) is 12.1 Å². The third-order valence-corrected chi connectivity index (χ3v) is 3.87. The van der Waals surface area contributed by atoms with Crippen molar-refractivity contribution in [3.8, 4) is 0 Å². The van der Waals surface area contributed by atoms with Crippen LogP contribution in [0.15, 0.2) is 24.3 Å². The zero-order chi connectivity index (χ0) is 12.0. The van der Waals surface area contributed by atoms with E-state index in [1.54, 1.807) is 0 Å². The summed E-state index contributed by atoms with van der Waals surface area (Å²) in [4.78, 5) is 2.41. The van der Waals surface area contributed by atoms with Crippen molar-refractivity contribution in [2.24, 2.45) is 12.8 Å². The Morgan fingerprint density at radius 3 is 2.88 bits per heavy atom. The average molecular weight is 229 g/mol. The van der Waals surface area contributed by atoms with Crippen LogP contribution < -0.4 is 10.6 Å².